The number of carbonyl (C=O) groups is 3. The Balaban J connectivity index is 2.07. The molecule has 3 rings (SSSR count). The number of phenolic OH excluding ortho intramolecular Hbond substituents is 1. The van der Waals surface area contributed by atoms with Crippen molar-refractivity contribution in [2.45, 2.75) is 33.1 Å². The van der Waals surface area contributed by atoms with Crippen molar-refractivity contribution in [3.8, 4) is 5.75 Å². The second kappa shape index (κ2) is 9.99. The number of rotatable bonds is 7. The number of allylic oxidation sites excluding steroid dienone is 3. The van der Waals surface area contributed by atoms with Gasteiger partial charge in [-0.2, -0.15) is 0 Å². The standard InChI is InChI=1S/C24H29NO7/c1-5-31-9-10-32-24(29)19-14(3)25-17-11-13(2)18(23(28)30-4)22(27)21(17)20(19)15-7-6-8-16(26)12-15/h6-8,12-13,18,20,25-26H,5,9-11H2,1-4H3/t13-,18+,20-/m0/s1. The summed E-state index contributed by atoms with van der Waals surface area (Å²) in [5, 5.41) is 13.3. The van der Waals surface area contributed by atoms with Gasteiger partial charge in [-0.25, -0.2) is 4.79 Å². The van der Waals surface area contributed by atoms with E-state index < -0.39 is 29.6 Å². The number of benzene rings is 1. The highest BCUT2D eigenvalue weighted by atomic mass is 16.6. The van der Waals surface area contributed by atoms with E-state index in [1.54, 1.807) is 19.1 Å². The van der Waals surface area contributed by atoms with Gasteiger partial charge < -0.3 is 24.6 Å². The van der Waals surface area contributed by atoms with Gasteiger partial charge in [0.25, 0.3) is 0 Å². The van der Waals surface area contributed by atoms with Gasteiger partial charge in [-0.3, -0.25) is 9.59 Å². The third kappa shape index (κ3) is 4.55. The van der Waals surface area contributed by atoms with Crippen LogP contribution in [0.25, 0.3) is 0 Å². The maximum atomic E-state index is 13.6. The fourth-order valence-corrected chi connectivity index (χ4v) is 4.40. The number of aromatic hydroxyl groups is 1. The Morgan fingerprint density at radius 3 is 2.66 bits per heavy atom. The van der Waals surface area contributed by atoms with E-state index in [4.69, 9.17) is 14.2 Å². The van der Waals surface area contributed by atoms with Crippen molar-refractivity contribution in [1.82, 2.24) is 5.32 Å². The molecule has 1 aromatic carbocycles. The number of ketones is 1. The Morgan fingerprint density at radius 2 is 2.00 bits per heavy atom. The lowest BCUT2D eigenvalue weighted by Crippen LogP contribution is -2.43. The number of Topliss-reactive ketones (excluding diaryl/α,β-unsaturated/α-hetero) is 1. The summed E-state index contributed by atoms with van der Waals surface area (Å²) in [6.45, 7) is 6.25. The Hall–Kier alpha value is -3.13. The summed E-state index contributed by atoms with van der Waals surface area (Å²) in [7, 11) is 1.25. The number of carbonyl (C=O) groups excluding carboxylic acids is 3. The molecule has 8 heteroatoms. The maximum absolute atomic E-state index is 13.6. The van der Waals surface area contributed by atoms with E-state index in [0.717, 1.165) is 0 Å². The second-order valence-electron chi connectivity index (χ2n) is 7.96. The minimum absolute atomic E-state index is 0.00560. The van der Waals surface area contributed by atoms with Crippen molar-refractivity contribution in [1.29, 1.82) is 0 Å². The van der Waals surface area contributed by atoms with Crippen molar-refractivity contribution in [2.75, 3.05) is 26.9 Å². The normalized spacial score (nSPS) is 22.9. The van der Waals surface area contributed by atoms with Crippen molar-refractivity contribution < 1.29 is 33.7 Å². The summed E-state index contributed by atoms with van der Waals surface area (Å²) in [5.41, 5.74) is 2.37. The molecule has 1 heterocycles. The van der Waals surface area contributed by atoms with E-state index in [-0.39, 0.29) is 30.5 Å². The molecular formula is C24H29NO7. The predicted molar refractivity (Wildman–Crippen MR) is 115 cm³/mol. The van der Waals surface area contributed by atoms with E-state index in [9.17, 15) is 19.5 Å². The molecule has 0 bridgehead atoms. The summed E-state index contributed by atoms with van der Waals surface area (Å²) < 4.78 is 15.5. The number of ether oxygens (including phenoxy) is 3. The molecule has 1 aliphatic heterocycles. The van der Waals surface area contributed by atoms with Gasteiger partial charge in [-0.1, -0.05) is 19.1 Å². The summed E-state index contributed by atoms with van der Waals surface area (Å²) in [4.78, 5) is 39.0. The second-order valence-corrected chi connectivity index (χ2v) is 7.96. The van der Waals surface area contributed by atoms with Crippen LogP contribution >= 0.6 is 0 Å². The van der Waals surface area contributed by atoms with Gasteiger partial charge in [0, 0.05) is 29.5 Å². The van der Waals surface area contributed by atoms with Gasteiger partial charge in [-0.15, -0.1) is 0 Å². The average molecular weight is 443 g/mol. The number of nitrogens with one attached hydrogen (secondary N) is 1. The highest BCUT2D eigenvalue weighted by Crippen LogP contribution is 2.45. The zero-order chi connectivity index (χ0) is 23.4. The van der Waals surface area contributed by atoms with E-state index in [0.29, 0.717) is 35.6 Å². The number of hydrogen-bond donors (Lipinski definition) is 2. The highest BCUT2D eigenvalue weighted by Gasteiger charge is 2.47. The molecule has 0 saturated heterocycles. The Labute approximate surface area is 187 Å². The first-order valence-corrected chi connectivity index (χ1v) is 10.7. The van der Waals surface area contributed by atoms with Gasteiger partial charge in [0.1, 0.15) is 18.3 Å². The molecule has 32 heavy (non-hydrogen) atoms. The Bertz CT molecular complexity index is 978. The molecule has 0 unspecified atom stereocenters. The zero-order valence-corrected chi connectivity index (χ0v) is 18.8. The van der Waals surface area contributed by atoms with Crippen LogP contribution in [0.4, 0.5) is 0 Å². The first-order chi connectivity index (χ1) is 15.3. The largest absolute Gasteiger partial charge is 0.508 e. The van der Waals surface area contributed by atoms with Crippen LogP contribution in [0.3, 0.4) is 0 Å². The van der Waals surface area contributed by atoms with Crippen LogP contribution in [-0.2, 0) is 28.6 Å². The van der Waals surface area contributed by atoms with Gasteiger partial charge >= 0.3 is 11.9 Å². The third-order valence-electron chi connectivity index (χ3n) is 5.83. The molecule has 0 spiro atoms. The fourth-order valence-electron chi connectivity index (χ4n) is 4.40. The zero-order valence-electron chi connectivity index (χ0n) is 18.8. The summed E-state index contributed by atoms with van der Waals surface area (Å²) >= 11 is 0. The topological polar surface area (TPSA) is 111 Å². The lowest BCUT2D eigenvalue weighted by Gasteiger charge is -2.38. The number of hydrogen-bond acceptors (Lipinski definition) is 8. The Kier molecular flexibility index (Phi) is 7.35. The maximum Gasteiger partial charge on any atom is 0.336 e. The van der Waals surface area contributed by atoms with E-state index >= 15 is 0 Å². The monoisotopic (exact) mass is 443 g/mol. The number of esters is 2. The SMILES string of the molecule is CCOCCOC(=O)C1=C(C)NC2=C(C(=O)[C@H](C(=O)OC)[C@@H](C)C2)[C@H]1c1cccc(O)c1. The average Bonchev–Trinajstić information content (AvgIpc) is 2.75. The van der Waals surface area contributed by atoms with Gasteiger partial charge in [0.2, 0.25) is 0 Å². The Morgan fingerprint density at radius 1 is 1.25 bits per heavy atom. The molecule has 8 nitrogen and oxygen atoms in total. The minimum atomic E-state index is -0.964. The molecule has 0 amide bonds. The summed E-state index contributed by atoms with van der Waals surface area (Å²) in [6.07, 6.45) is 0.445. The highest BCUT2D eigenvalue weighted by molar-refractivity contribution is 6.12. The molecule has 0 saturated carbocycles. The van der Waals surface area contributed by atoms with Gasteiger partial charge in [0.05, 0.1) is 19.3 Å². The van der Waals surface area contributed by atoms with Gasteiger partial charge in [0.15, 0.2) is 5.78 Å². The van der Waals surface area contributed by atoms with Crippen LogP contribution in [0.15, 0.2) is 46.8 Å². The molecule has 0 aromatic heterocycles. The molecule has 172 valence electrons. The smallest absolute Gasteiger partial charge is 0.336 e. The molecule has 2 aliphatic rings. The van der Waals surface area contributed by atoms with Crippen LogP contribution < -0.4 is 5.32 Å². The molecule has 0 radical (unpaired) electrons. The first kappa shape index (κ1) is 23.5. The minimum Gasteiger partial charge on any atom is -0.508 e. The van der Waals surface area contributed by atoms with E-state index in [1.807, 2.05) is 13.8 Å². The van der Waals surface area contributed by atoms with Crippen LogP contribution in [0, 0.1) is 11.8 Å². The lowest BCUT2D eigenvalue weighted by atomic mass is 9.69. The summed E-state index contributed by atoms with van der Waals surface area (Å²) in [6, 6.07) is 6.41. The van der Waals surface area contributed by atoms with Crippen molar-refractivity contribution in [3.05, 3.63) is 52.4 Å². The molecule has 1 aromatic rings. The van der Waals surface area contributed by atoms with Gasteiger partial charge in [-0.05, 0) is 43.9 Å². The van der Waals surface area contributed by atoms with E-state index in [1.165, 1.54) is 19.2 Å². The fraction of sp³-hybridized carbons (Fsp3) is 0.458. The van der Waals surface area contributed by atoms with Crippen molar-refractivity contribution >= 4 is 17.7 Å². The summed E-state index contributed by atoms with van der Waals surface area (Å²) in [5.74, 6) is -3.59. The van der Waals surface area contributed by atoms with Crippen LogP contribution in [0.1, 0.15) is 38.7 Å². The number of dihydropyridines is 1. The van der Waals surface area contributed by atoms with Crippen LogP contribution in [0.2, 0.25) is 0 Å². The van der Waals surface area contributed by atoms with Crippen molar-refractivity contribution in [3.63, 3.8) is 0 Å². The predicted octanol–water partition coefficient (Wildman–Crippen LogP) is 2.58. The number of phenols is 1. The third-order valence-corrected chi connectivity index (χ3v) is 5.83. The molecule has 2 N–H and O–H groups in total. The first-order valence-electron chi connectivity index (χ1n) is 10.7. The quantitative estimate of drug-likeness (QED) is 0.376. The lowest BCUT2D eigenvalue weighted by molar-refractivity contribution is -0.151. The molecular weight excluding hydrogens is 414 g/mol. The van der Waals surface area contributed by atoms with Crippen LogP contribution in [0.5, 0.6) is 5.75 Å². The van der Waals surface area contributed by atoms with Crippen molar-refractivity contribution in [2.24, 2.45) is 11.8 Å². The molecule has 3 atom stereocenters. The molecule has 1 aliphatic carbocycles. The number of methoxy groups -OCH3 is 1. The van der Waals surface area contributed by atoms with E-state index in [2.05, 4.69) is 5.32 Å². The van der Waals surface area contributed by atoms with Crippen LogP contribution in [-0.4, -0.2) is 49.8 Å². The molecule has 0 fully saturated rings.